The Bertz CT molecular complexity index is 481. The summed E-state index contributed by atoms with van der Waals surface area (Å²) in [6, 6.07) is 0. The average Bonchev–Trinajstić information content (AvgIpc) is 2.19. The molecule has 0 aliphatic heterocycles. The van der Waals surface area contributed by atoms with E-state index in [4.69, 9.17) is 11.6 Å². The van der Waals surface area contributed by atoms with Gasteiger partial charge in [0.1, 0.15) is 0 Å². The Labute approximate surface area is 96.5 Å². The molecule has 1 heterocycles. The summed E-state index contributed by atoms with van der Waals surface area (Å²) in [5.74, 6) is -1.12. The number of H-pyrrole nitrogens is 1. The van der Waals surface area contributed by atoms with Crippen LogP contribution in [-0.2, 0) is 6.54 Å². The molecule has 0 aliphatic rings. The van der Waals surface area contributed by atoms with Gasteiger partial charge in [0.25, 0.3) is 5.56 Å². The van der Waals surface area contributed by atoms with Crippen molar-refractivity contribution in [2.75, 3.05) is 20.6 Å². The summed E-state index contributed by atoms with van der Waals surface area (Å²) >= 11 is 5.32. The molecule has 0 saturated carbocycles. The molecule has 1 aromatic heterocycles. The Morgan fingerprint density at radius 3 is 2.62 bits per heavy atom. The van der Waals surface area contributed by atoms with Gasteiger partial charge < -0.3 is 4.90 Å². The number of nitrogens with one attached hydrogen (secondary N) is 1. The molecule has 0 fully saturated rings. The van der Waals surface area contributed by atoms with Crippen molar-refractivity contribution in [2.45, 2.75) is 13.0 Å². The highest BCUT2D eigenvalue weighted by molar-refractivity contribution is 6.29. The van der Waals surface area contributed by atoms with E-state index >= 15 is 0 Å². The highest BCUT2D eigenvalue weighted by Gasteiger charge is 2.11. The van der Waals surface area contributed by atoms with Crippen LogP contribution >= 0.6 is 11.6 Å². The molecule has 0 radical (unpaired) electrons. The van der Waals surface area contributed by atoms with Crippen LogP contribution < -0.4 is 11.2 Å². The van der Waals surface area contributed by atoms with Crippen molar-refractivity contribution < 1.29 is 4.39 Å². The molecule has 0 saturated heterocycles. The molecule has 0 spiro atoms. The summed E-state index contributed by atoms with van der Waals surface area (Å²) in [5.41, 5.74) is -1.66. The maximum atomic E-state index is 13.1. The van der Waals surface area contributed by atoms with Crippen molar-refractivity contribution in [3.63, 3.8) is 0 Å². The van der Waals surface area contributed by atoms with Gasteiger partial charge in [-0.1, -0.05) is 11.6 Å². The smallest absolute Gasteiger partial charge is 0.309 e. The van der Waals surface area contributed by atoms with E-state index in [0.717, 1.165) is 4.57 Å². The van der Waals surface area contributed by atoms with Crippen LogP contribution in [0.3, 0.4) is 0 Å². The first-order valence-electron chi connectivity index (χ1n) is 4.76. The molecule has 0 amide bonds. The molecule has 0 aliphatic carbocycles. The van der Waals surface area contributed by atoms with Crippen LogP contribution in [0.5, 0.6) is 0 Å². The Kier molecular flexibility index (Phi) is 4.26. The second-order valence-electron chi connectivity index (χ2n) is 3.67. The SMILES string of the molecule is CN(C)CCCn1c(=O)[nH]c(Cl)c(F)c1=O. The predicted molar refractivity (Wildman–Crippen MR) is 59.5 cm³/mol. The second kappa shape index (κ2) is 5.27. The van der Waals surface area contributed by atoms with Crippen molar-refractivity contribution >= 4 is 11.6 Å². The maximum absolute atomic E-state index is 13.1. The molecule has 7 heteroatoms. The number of halogens is 2. The van der Waals surface area contributed by atoms with Crippen LogP contribution in [0.25, 0.3) is 0 Å². The lowest BCUT2D eigenvalue weighted by atomic mass is 10.4. The first-order valence-corrected chi connectivity index (χ1v) is 5.14. The van der Waals surface area contributed by atoms with Gasteiger partial charge in [-0.05, 0) is 27.1 Å². The van der Waals surface area contributed by atoms with Crippen molar-refractivity contribution in [3.05, 3.63) is 31.8 Å². The molecule has 0 unspecified atom stereocenters. The summed E-state index contributed by atoms with van der Waals surface area (Å²) in [4.78, 5) is 26.7. The van der Waals surface area contributed by atoms with Crippen LogP contribution in [0.2, 0.25) is 5.15 Å². The lowest BCUT2D eigenvalue weighted by Crippen LogP contribution is -2.37. The Hall–Kier alpha value is -1.14. The van der Waals surface area contributed by atoms with Crippen molar-refractivity contribution in [2.24, 2.45) is 0 Å². The fourth-order valence-corrected chi connectivity index (χ4v) is 1.43. The Morgan fingerprint density at radius 1 is 1.44 bits per heavy atom. The largest absolute Gasteiger partial charge is 0.329 e. The van der Waals surface area contributed by atoms with Crippen molar-refractivity contribution in [3.8, 4) is 0 Å². The van der Waals surface area contributed by atoms with E-state index in [1.165, 1.54) is 0 Å². The highest BCUT2D eigenvalue weighted by atomic mass is 35.5. The zero-order chi connectivity index (χ0) is 12.3. The maximum Gasteiger partial charge on any atom is 0.329 e. The Balaban J connectivity index is 2.93. The quantitative estimate of drug-likeness (QED) is 0.780. The van der Waals surface area contributed by atoms with E-state index in [2.05, 4.69) is 4.98 Å². The molecule has 5 nitrogen and oxygen atoms in total. The molecule has 16 heavy (non-hydrogen) atoms. The first kappa shape index (κ1) is 12.9. The van der Waals surface area contributed by atoms with E-state index < -0.39 is 22.2 Å². The molecule has 0 bridgehead atoms. The molecule has 0 atom stereocenters. The lowest BCUT2D eigenvalue weighted by molar-refractivity contribution is 0.380. The fraction of sp³-hybridized carbons (Fsp3) is 0.556. The van der Waals surface area contributed by atoms with Crippen LogP contribution in [-0.4, -0.2) is 35.1 Å². The number of aromatic amines is 1. The van der Waals surface area contributed by atoms with E-state index in [-0.39, 0.29) is 6.54 Å². The monoisotopic (exact) mass is 249 g/mol. The molecule has 1 rings (SSSR count). The number of rotatable bonds is 4. The number of nitrogens with zero attached hydrogens (tertiary/aromatic N) is 2. The van der Waals surface area contributed by atoms with Gasteiger partial charge in [-0.15, -0.1) is 0 Å². The van der Waals surface area contributed by atoms with E-state index in [1.54, 1.807) is 0 Å². The first-order chi connectivity index (χ1) is 7.43. The standard InChI is InChI=1S/C9H13ClFN3O2/c1-13(2)4-3-5-14-8(15)6(11)7(10)12-9(14)16/h3-5H2,1-2H3,(H,12,16). The summed E-state index contributed by atoms with van der Waals surface area (Å²) < 4.78 is 13.9. The molecule has 90 valence electrons. The minimum absolute atomic E-state index is 0.167. The zero-order valence-electron chi connectivity index (χ0n) is 9.09. The third-order valence-corrected chi connectivity index (χ3v) is 2.33. The van der Waals surface area contributed by atoms with Gasteiger partial charge in [-0.3, -0.25) is 14.3 Å². The van der Waals surface area contributed by atoms with Crippen LogP contribution in [0.1, 0.15) is 6.42 Å². The van der Waals surface area contributed by atoms with Gasteiger partial charge in [0.15, 0.2) is 5.15 Å². The van der Waals surface area contributed by atoms with Crippen molar-refractivity contribution in [1.29, 1.82) is 0 Å². The molecule has 0 aromatic carbocycles. The van der Waals surface area contributed by atoms with Gasteiger partial charge in [-0.25, -0.2) is 4.79 Å². The molecule has 1 aromatic rings. The van der Waals surface area contributed by atoms with E-state index in [0.29, 0.717) is 13.0 Å². The topological polar surface area (TPSA) is 58.1 Å². The Morgan fingerprint density at radius 2 is 2.06 bits per heavy atom. The van der Waals surface area contributed by atoms with Crippen molar-refractivity contribution in [1.82, 2.24) is 14.5 Å². The minimum atomic E-state index is -1.12. The molecule has 1 N–H and O–H groups in total. The van der Waals surface area contributed by atoms with Gasteiger partial charge in [0, 0.05) is 6.54 Å². The number of hydrogen-bond donors (Lipinski definition) is 1. The van der Waals surface area contributed by atoms with Crippen LogP contribution in [0, 0.1) is 5.82 Å². The summed E-state index contributed by atoms with van der Waals surface area (Å²) in [5, 5.41) is -0.543. The number of aromatic nitrogens is 2. The zero-order valence-corrected chi connectivity index (χ0v) is 9.84. The summed E-state index contributed by atoms with van der Waals surface area (Å²) in [6.07, 6.45) is 0.580. The minimum Gasteiger partial charge on any atom is -0.309 e. The van der Waals surface area contributed by atoms with Gasteiger partial charge in [0.2, 0.25) is 5.82 Å². The summed E-state index contributed by atoms with van der Waals surface area (Å²) in [7, 11) is 3.74. The van der Waals surface area contributed by atoms with Gasteiger partial charge in [0.05, 0.1) is 0 Å². The van der Waals surface area contributed by atoms with E-state index in [1.807, 2.05) is 19.0 Å². The highest BCUT2D eigenvalue weighted by Crippen LogP contribution is 2.02. The van der Waals surface area contributed by atoms with Gasteiger partial charge in [-0.2, -0.15) is 4.39 Å². The van der Waals surface area contributed by atoms with Crippen LogP contribution in [0.15, 0.2) is 9.59 Å². The van der Waals surface area contributed by atoms with Gasteiger partial charge >= 0.3 is 5.69 Å². The normalized spacial score (nSPS) is 11.1. The molecular weight excluding hydrogens is 237 g/mol. The third kappa shape index (κ3) is 2.93. The fourth-order valence-electron chi connectivity index (χ4n) is 1.27. The van der Waals surface area contributed by atoms with Crippen LogP contribution in [0.4, 0.5) is 4.39 Å². The lowest BCUT2D eigenvalue weighted by Gasteiger charge is -2.09. The predicted octanol–water partition coefficient (Wildman–Crippen LogP) is 0.281. The second-order valence-corrected chi connectivity index (χ2v) is 4.05. The van der Waals surface area contributed by atoms with E-state index in [9.17, 15) is 14.0 Å². The summed E-state index contributed by atoms with van der Waals surface area (Å²) in [6.45, 7) is 0.872. The third-order valence-electron chi connectivity index (χ3n) is 2.07. The number of hydrogen-bond acceptors (Lipinski definition) is 3. The molecular formula is C9H13ClFN3O2. The average molecular weight is 250 g/mol.